The average Bonchev–Trinajstić information content (AvgIpc) is 2.36. The lowest BCUT2D eigenvalue weighted by atomic mass is 10.5. The number of ether oxygens (including phenoxy) is 1. The first-order valence-corrected chi connectivity index (χ1v) is 8.51. The highest BCUT2D eigenvalue weighted by atomic mass is 79.9. The van der Waals surface area contributed by atoms with Crippen LogP contribution in [0.25, 0.3) is 0 Å². The molecule has 0 atom stereocenters. The first kappa shape index (κ1) is 17.8. The molecule has 0 aliphatic carbocycles. The molecule has 0 aliphatic rings. The van der Waals surface area contributed by atoms with Gasteiger partial charge in [-0.25, -0.2) is 18.1 Å². The van der Waals surface area contributed by atoms with Crippen molar-refractivity contribution in [3.05, 3.63) is 21.9 Å². The van der Waals surface area contributed by atoms with Crippen molar-refractivity contribution < 1.29 is 13.2 Å². The summed E-state index contributed by atoms with van der Waals surface area (Å²) in [5.74, 6) is 0. The first-order valence-electron chi connectivity index (χ1n) is 5.86. The third kappa shape index (κ3) is 6.02. The van der Waals surface area contributed by atoms with Crippen LogP contribution in [-0.4, -0.2) is 58.7 Å². The van der Waals surface area contributed by atoms with Crippen LogP contribution in [0.2, 0.25) is 5.15 Å². The van der Waals surface area contributed by atoms with Crippen molar-refractivity contribution in [1.29, 1.82) is 0 Å². The third-order valence-electron chi connectivity index (χ3n) is 2.28. The van der Waals surface area contributed by atoms with Crippen LogP contribution in [0.4, 0.5) is 0 Å². The summed E-state index contributed by atoms with van der Waals surface area (Å²) in [6.45, 7) is 1.81. The summed E-state index contributed by atoms with van der Waals surface area (Å²) in [4.78, 5) is 5.71. The fraction of sp³-hybridized carbons (Fsp3) is 0.545. The number of rotatable bonds is 8. The van der Waals surface area contributed by atoms with Crippen LogP contribution in [0.15, 0.2) is 21.6 Å². The molecule has 0 saturated heterocycles. The van der Waals surface area contributed by atoms with Gasteiger partial charge < -0.3 is 9.64 Å². The minimum absolute atomic E-state index is 0.0539. The molecule has 1 rings (SSSR count). The molecule has 0 bridgehead atoms. The Morgan fingerprint density at radius 2 is 2.15 bits per heavy atom. The minimum Gasteiger partial charge on any atom is -0.379 e. The zero-order chi connectivity index (χ0) is 15.2. The molecule has 0 saturated carbocycles. The van der Waals surface area contributed by atoms with Crippen LogP contribution in [-0.2, 0) is 14.8 Å². The van der Waals surface area contributed by atoms with E-state index in [1.165, 1.54) is 12.3 Å². The third-order valence-corrected chi connectivity index (χ3v) is 4.61. The summed E-state index contributed by atoms with van der Waals surface area (Å²) >= 11 is 8.95. The quantitative estimate of drug-likeness (QED) is 0.539. The van der Waals surface area contributed by atoms with Crippen LogP contribution in [0.3, 0.4) is 0 Å². The molecule has 1 heterocycles. The molecule has 6 nitrogen and oxygen atoms in total. The van der Waals surface area contributed by atoms with Gasteiger partial charge in [-0.1, -0.05) is 11.6 Å². The Bertz CT molecular complexity index is 540. The Balaban J connectivity index is 2.48. The number of halogens is 2. The summed E-state index contributed by atoms with van der Waals surface area (Å²) in [6.07, 6.45) is 1.44. The second kappa shape index (κ2) is 8.26. The van der Waals surface area contributed by atoms with E-state index in [-0.39, 0.29) is 16.6 Å². The topological polar surface area (TPSA) is 71.5 Å². The maximum atomic E-state index is 12.0. The Kier molecular flexibility index (Phi) is 7.35. The summed E-state index contributed by atoms with van der Waals surface area (Å²) in [5.41, 5.74) is 0. The average molecular weight is 387 g/mol. The van der Waals surface area contributed by atoms with Crippen molar-refractivity contribution in [1.82, 2.24) is 14.6 Å². The number of nitrogens with one attached hydrogen (secondary N) is 1. The van der Waals surface area contributed by atoms with E-state index in [9.17, 15) is 8.42 Å². The Hall–Kier alpha value is -0.250. The monoisotopic (exact) mass is 385 g/mol. The molecular weight excluding hydrogens is 370 g/mol. The van der Waals surface area contributed by atoms with Gasteiger partial charge in [0.05, 0.1) is 13.2 Å². The van der Waals surface area contributed by atoms with Crippen LogP contribution < -0.4 is 4.72 Å². The number of nitrogens with zero attached hydrogens (tertiary/aromatic N) is 2. The van der Waals surface area contributed by atoms with Crippen LogP contribution in [0.1, 0.15) is 0 Å². The van der Waals surface area contributed by atoms with Crippen molar-refractivity contribution in [2.45, 2.75) is 4.90 Å². The second-order valence-corrected chi connectivity index (χ2v) is 7.26. The lowest BCUT2D eigenvalue weighted by molar-refractivity contribution is 0.122. The molecule has 20 heavy (non-hydrogen) atoms. The zero-order valence-electron chi connectivity index (χ0n) is 11.3. The maximum Gasteiger partial charge on any atom is 0.243 e. The number of pyridine rings is 1. The smallest absolute Gasteiger partial charge is 0.243 e. The van der Waals surface area contributed by atoms with Crippen LogP contribution in [0.5, 0.6) is 0 Å². The number of sulfonamides is 1. The predicted octanol–water partition coefficient (Wildman–Crippen LogP) is 1.35. The highest BCUT2D eigenvalue weighted by molar-refractivity contribution is 9.10. The highest BCUT2D eigenvalue weighted by Crippen LogP contribution is 2.22. The van der Waals surface area contributed by atoms with Crippen molar-refractivity contribution in [2.75, 3.05) is 40.4 Å². The molecule has 1 aromatic rings. The fourth-order valence-electron chi connectivity index (χ4n) is 1.27. The SMILES string of the molecule is CN(C)CCOCCNS(=O)(=O)c1cc(Br)cnc1Cl. The van der Waals surface area contributed by atoms with Gasteiger partial charge in [0.15, 0.2) is 0 Å². The molecule has 0 spiro atoms. The van der Waals surface area contributed by atoms with Gasteiger partial charge in [-0.05, 0) is 36.1 Å². The van der Waals surface area contributed by atoms with E-state index in [1.54, 1.807) is 0 Å². The van der Waals surface area contributed by atoms with Gasteiger partial charge in [0.25, 0.3) is 0 Å². The molecule has 1 N–H and O–H groups in total. The molecule has 1 aromatic heterocycles. The lowest BCUT2D eigenvalue weighted by Crippen LogP contribution is -2.29. The van der Waals surface area contributed by atoms with Crippen LogP contribution >= 0.6 is 27.5 Å². The summed E-state index contributed by atoms with van der Waals surface area (Å²) in [5, 5.41) is -0.0609. The van der Waals surface area contributed by atoms with Gasteiger partial charge in [-0.3, -0.25) is 0 Å². The minimum atomic E-state index is -3.68. The van der Waals surface area contributed by atoms with Gasteiger partial charge in [0, 0.05) is 23.8 Å². The Labute approximate surface area is 132 Å². The van der Waals surface area contributed by atoms with Gasteiger partial charge in [0.2, 0.25) is 10.0 Å². The molecule has 0 aliphatic heterocycles. The van der Waals surface area contributed by atoms with Gasteiger partial charge in [-0.2, -0.15) is 0 Å². The summed E-state index contributed by atoms with van der Waals surface area (Å²) in [6, 6.07) is 1.41. The molecule has 0 fully saturated rings. The molecular formula is C11H17BrClN3O3S. The van der Waals surface area contributed by atoms with E-state index in [0.29, 0.717) is 17.7 Å². The first-order chi connectivity index (χ1) is 9.33. The van der Waals surface area contributed by atoms with Gasteiger partial charge >= 0.3 is 0 Å². The molecule has 0 unspecified atom stereocenters. The Morgan fingerprint density at radius 1 is 1.45 bits per heavy atom. The van der Waals surface area contributed by atoms with Gasteiger partial charge in [-0.15, -0.1) is 0 Å². The Morgan fingerprint density at radius 3 is 2.80 bits per heavy atom. The number of aromatic nitrogens is 1. The van der Waals surface area contributed by atoms with E-state index in [4.69, 9.17) is 16.3 Å². The number of hydrogen-bond donors (Lipinski definition) is 1. The molecule has 0 radical (unpaired) electrons. The van der Waals surface area contributed by atoms with Crippen LogP contribution in [0, 0.1) is 0 Å². The van der Waals surface area contributed by atoms with E-state index in [0.717, 1.165) is 6.54 Å². The normalized spacial score (nSPS) is 12.1. The molecule has 9 heteroatoms. The largest absolute Gasteiger partial charge is 0.379 e. The van der Waals surface area contributed by atoms with Crippen molar-refractivity contribution in [3.8, 4) is 0 Å². The molecule has 0 amide bonds. The summed E-state index contributed by atoms with van der Waals surface area (Å²) < 4.78 is 32.3. The summed E-state index contributed by atoms with van der Waals surface area (Å²) in [7, 11) is 0.196. The maximum absolute atomic E-state index is 12.0. The highest BCUT2D eigenvalue weighted by Gasteiger charge is 2.18. The molecule has 114 valence electrons. The van der Waals surface area contributed by atoms with E-state index < -0.39 is 10.0 Å². The molecule has 0 aromatic carbocycles. The zero-order valence-corrected chi connectivity index (χ0v) is 14.4. The standard InChI is InChI=1S/C11H17BrClN3O3S/c1-16(2)4-6-19-5-3-15-20(17,18)10-7-9(12)8-14-11(10)13/h7-8,15H,3-6H2,1-2H3. The number of likely N-dealkylation sites (N-methyl/N-ethyl adjacent to an activating group) is 1. The second-order valence-electron chi connectivity index (χ2n) is 4.26. The fourth-order valence-corrected chi connectivity index (χ4v) is 3.22. The predicted molar refractivity (Wildman–Crippen MR) is 81.5 cm³/mol. The van der Waals surface area contributed by atoms with Gasteiger partial charge in [0.1, 0.15) is 10.0 Å². The van der Waals surface area contributed by atoms with E-state index in [2.05, 4.69) is 25.6 Å². The van der Waals surface area contributed by atoms with Crippen molar-refractivity contribution in [2.24, 2.45) is 0 Å². The van der Waals surface area contributed by atoms with Crippen molar-refractivity contribution in [3.63, 3.8) is 0 Å². The van der Waals surface area contributed by atoms with Crippen molar-refractivity contribution >= 4 is 37.6 Å². The van der Waals surface area contributed by atoms with E-state index in [1.807, 2.05) is 19.0 Å². The van der Waals surface area contributed by atoms with E-state index >= 15 is 0 Å². The number of hydrogen-bond acceptors (Lipinski definition) is 5. The lowest BCUT2D eigenvalue weighted by Gasteiger charge is -2.11.